The van der Waals surface area contributed by atoms with Gasteiger partial charge in [0.25, 0.3) is 5.60 Å². The maximum absolute atomic E-state index is 12.8. The number of esters is 4. The number of ketones is 1. The first kappa shape index (κ1) is 21.8. The Morgan fingerprint density at radius 3 is 2.11 bits per heavy atom. The van der Waals surface area contributed by atoms with Crippen molar-refractivity contribution in [3.63, 3.8) is 0 Å². The maximum Gasteiger partial charge on any atom is 0.366 e. The molecule has 27 heavy (non-hydrogen) atoms. The molecule has 1 aromatic rings. The molecule has 0 heterocycles. The van der Waals surface area contributed by atoms with Crippen LogP contribution in [0.4, 0.5) is 0 Å². The number of ether oxygens (including phenoxy) is 3. The van der Waals surface area contributed by atoms with Crippen molar-refractivity contribution in [2.45, 2.75) is 32.3 Å². The number of hydrogen-bond acceptors (Lipinski definition) is 8. The van der Waals surface area contributed by atoms with Crippen molar-refractivity contribution in [2.24, 2.45) is 0 Å². The quantitative estimate of drug-likeness (QED) is 0.289. The van der Waals surface area contributed by atoms with E-state index in [0.29, 0.717) is 11.6 Å². The first-order chi connectivity index (χ1) is 12.7. The normalized spacial score (nSPS) is 12.7. The molecule has 0 saturated carbocycles. The van der Waals surface area contributed by atoms with Crippen molar-refractivity contribution in [1.29, 1.82) is 0 Å². The van der Waals surface area contributed by atoms with Crippen LogP contribution < -0.4 is 0 Å². The zero-order valence-corrected chi connectivity index (χ0v) is 15.2. The zero-order chi connectivity index (χ0) is 20.4. The fourth-order valence-corrected chi connectivity index (χ4v) is 2.17. The van der Waals surface area contributed by atoms with E-state index >= 15 is 0 Å². The van der Waals surface area contributed by atoms with Gasteiger partial charge >= 0.3 is 23.9 Å². The van der Waals surface area contributed by atoms with Crippen molar-refractivity contribution >= 4 is 29.7 Å². The van der Waals surface area contributed by atoms with Gasteiger partial charge in [-0.3, -0.25) is 9.59 Å². The molecule has 0 spiro atoms. The molecule has 1 unspecified atom stereocenters. The summed E-state index contributed by atoms with van der Waals surface area (Å²) < 4.78 is 13.9. The zero-order valence-electron chi connectivity index (χ0n) is 15.2. The monoisotopic (exact) mass is 376 g/mol. The average molecular weight is 376 g/mol. The Labute approximate surface area is 156 Å². The Morgan fingerprint density at radius 2 is 1.59 bits per heavy atom. The second kappa shape index (κ2) is 10.0. The molecule has 1 aromatic carbocycles. The number of rotatable bonds is 8. The highest BCUT2D eigenvalue weighted by atomic mass is 16.6. The minimum absolute atomic E-state index is 0.227. The van der Waals surface area contributed by atoms with E-state index in [1.807, 2.05) is 0 Å². The van der Waals surface area contributed by atoms with Crippen LogP contribution in [-0.4, -0.2) is 42.4 Å². The van der Waals surface area contributed by atoms with Crippen LogP contribution in [0.1, 0.15) is 25.8 Å². The maximum atomic E-state index is 12.8. The summed E-state index contributed by atoms with van der Waals surface area (Å²) in [5.74, 6) is -4.97. The number of Topliss-reactive ketones (excluding diaryl/α,β-unsaturated/α-hetero) is 1. The first-order valence-corrected chi connectivity index (χ1v) is 8.04. The third-order valence-electron chi connectivity index (χ3n) is 3.55. The predicted octanol–water partition coefficient (Wildman–Crippen LogP) is 1.31. The fourth-order valence-electron chi connectivity index (χ4n) is 2.17. The van der Waals surface area contributed by atoms with Crippen LogP contribution in [-0.2, 0) is 44.6 Å². The van der Waals surface area contributed by atoms with E-state index in [0.717, 1.165) is 20.1 Å². The highest BCUT2D eigenvalue weighted by molar-refractivity contribution is 6.11. The van der Waals surface area contributed by atoms with Gasteiger partial charge in [0.1, 0.15) is 0 Å². The summed E-state index contributed by atoms with van der Waals surface area (Å²) in [4.78, 5) is 59.5. The summed E-state index contributed by atoms with van der Waals surface area (Å²) in [5, 5.41) is 0. The summed E-state index contributed by atoms with van der Waals surface area (Å²) in [6.45, 7) is 2.42. The van der Waals surface area contributed by atoms with Crippen LogP contribution in [0.3, 0.4) is 0 Å². The van der Waals surface area contributed by atoms with Crippen LogP contribution in [0.25, 0.3) is 0 Å². The number of carbonyl (C=O) groups excluding carboxylic acids is 5. The molecule has 0 fully saturated rings. The van der Waals surface area contributed by atoms with Gasteiger partial charge in [0.15, 0.2) is 5.78 Å². The number of methoxy groups -OCH3 is 1. The highest BCUT2D eigenvalue weighted by Crippen LogP contribution is 2.23. The molecule has 8 heteroatoms. The molecule has 0 bridgehead atoms. The summed E-state index contributed by atoms with van der Waals surface area (Å²) >= 11 is 0. The Morgan fingerprint density at radius 1 is 1.00 bits per heavy atom. The van der Waals surface area contributed by atoms with Crippen LogP contribution in [0.15, 0.2) is 42.5 Å². The van der Waals surface area contributed by atoms with E-state index in [2.05, 4.69) is 9.47 Å². The molecule has 144 valence electrons. The molecule has 8 nitrogen and oxygen atoms in total. The lowest BCUT2D eigenvalue weighted by Gasteiger charge is -2.27. The number of carbonyl (C=O) groups is 5. The second-order valence-corrected chi connectivity index (χ2v) is 5.42. The second-order valence-electron chi connectivity index (χ2n) is 5.42. The van der Waals surface area contributed by atoms with Gasteiger partial charge in [0.2, 0.25) is 0 Å². The Balaban J connectivity index is 3.17. The van der Waals surface area contributed by atoms with Gasteiger partial charge in [-0.2, -0.15) is 0 Å². The topological polar surface area (TPSA) is 113 Å². The van der Waals surface area contributed by atoms with Gasteiger partial charge in [0.05, 0.1) is 7.11 Å². The van der Waals surface area contributed by atoms with E-state index < -0.39 is 35.3 Å². The largest absolute Gasteiger partial charge is 0.466 e. The summed E-state index contributed by atoms with van der Waals surface area (Å²) in [6, 6.07) is 8.48. The minimum Gasteiger partial charge on any atom is -0.466 e. The van der Waals surface area contributed by atoms with Crippen molar-refractivity contribution < 1.29 is 38.2 Å². The van der Waals surface area contributed by atoms with Gasteiger partial charge in [-0.25, -0.2) is 14.4 Å². The van der Waals surface area contributed by atoms with Gasteiger partial charge in [-0.05, 0) is 5.56 Å². The Hall–Kier alpha value is -3.29. The van der Waals surface area contributed by atoms with Gasteiger partial charge in [-0.15, -0.1) is 0 Å². The van der Waals surface area contributed by atoms with Crippen molar-refractivity contribution in [2.75, 3.05) is 7.11 Å². The van der Waals surface area contributed by atoms with E-state index in [-0.39, 0.29) is 12.8 Å². The molecular weight excluding hydrogens is 356 g/mol. The molecule has 0 saturated heterocycles. The lowest BCUT2D eigenvalue weighted by Crippen LogP contribution is -2.52. The van der Waals surface area contributed by atoms with Gasteiger partial charge in [0, 0.05) is 31.9 Å². The third-order valence-corrected chi connectivity index (χ3v) is 3.55. The SMILES string of the molecule is CCC(OC(=O)C=CC(=O)OC)(C(=O)Cc1ccccc1)C(=O)OC(C)=O. The van der Waals surface area contributed by atoms with Crippen molar-refractivity contribution in [3.8, 4) is 0 Å². The van der Waals surface area contributed by atoms with E-state index in [1.165, 1.54) is 6.92 Å². The molecular formula is C19H20O8. The van der Waals surface area contributed by atoms with Crippen LogP contribution in [0.2, 0.25) is 0 Å². The van der Waals surface area contributed by atoms with Crippen molar-refractivity contribution in [3.05, 3.63) is 48.0 Å². The molecule has 0 aliphatic carbocycles. The van der Waals surface area contributed by atoms with Gasteiger partial charge < -0.3 is 14.2 Å². The van der Waals surface area contributed by atoms with Crippen LogP contribution in [0.5, 0.6) is 0 Å². The molecule has 0 aliphatic rings. The fraction of sp³-hybridized carbons (Fsp3) is 0.316. The molecule has 1 rings (SSSR count). The molecule has 0 aromatic heterocycles. The molecule has 0 radical (unpaired) electrons. The van der Waals surface area contributed by atoms with E-state index in [9.17, 15) is 24.0 Å². The molecule has 0 N–H and O–H groups in total. The Kier molecular flexibility index (Phi) is 8.06. The lowest BCUT2D eigenvalue weighted by atomic mass is 9.90. The Bertz CT molecular complexity index is 750. The highest BCUT2D eigenvalue weighted by Gasteiger charge is 2.49. The lowest BCUT2D eigenvalue weighted by molar-refractivity contribution is -0.186. The van der Waals surface area contributed by atoms with E-state index in [1.54, 1.807) is 30.3 Å². The van der Waals surface area contributed by atoms with Crippen LogP contribution >= 0.6 is 0 Å². The minimum atomic E-state index is -2.32. The average Bonchev–Trinajstić information content (AvgIpc) is 2.64. The molecule has 0 amide bonds. The molecule has 0 aliphatic heterocycles. The standard InChI is InChI=1S/C19H20O8/c1-4-19(18(24)26-13(2)20,27-17(23)11-10-16(22)25-3)15(21)12-14-8-6-5-7-9-14/h5-11H,4,12H2,1-3H3. The van der Waals surface area contributed by atoms with Gasteiger partial charge in [-0.1, -0.05) is 37.3 Å². The van der Waals surface area contributed by atoms with Crippen LogP contribution in [0, 0.1) is 0 Å². The third kappa shape index (κ3) is 6.18. The summed E-state index contributed by atoms with van der Waals surface area (Å²) in [7, 11) is 1.11. The number of benzene rings is 1. The summed E-state index contributed by atoms with van der Waals surface area (Å²) in [5.41, 5.74) is -1.74. The smallest absolute Gasteiger partial charge is 0.366 e. The van der Waals surface area contributed by atoms with Crippen molar-refractivity contribution in [1.82, 2.24) is 0 Å². The summed E-state index contributed by atoms with van der Waals surface area (Å²) in [6.07, 6.45) is 1.01. The number of hydrogen-bond donors (Lipinski definition) is 0. The molecule has 1 atom stereocenters. The predicted molar refractivity (Wildman–Crippen MR) is 92.2 cm³/mol. The first-order valence-electron chi connectivity index (χ1n) is 8.04. The van der Waals surface area contributed by atoms with E-state index in [4.69, 9.17) is 4.74 Å².